The monoisotopic (exact) mass is 216 g/mol. The average Bonchev–Trinajstić information content (AvgIpc) is 2.11. The minimum Gasteiger partial charge on any atom is -0.380 e. The summed E-state index contributed by atoms with van der Waals surface area (Å²) in [5.41, 5.74) is 5.61. The van der Waals surface area contributed by atoms with Gasteiger partial charge in [0.15, 0.2) is 0 Å². The fourth-order valence-electron chi connectivity index (χ4n) is 1.06. The Labute approximate surface area is 92.6 Å². The molecule has 0 aromatic heterocycles. The third-order valence-corrected chi connectivity index (χ3v) is 2.18. The van der Waals surface area contributed by atoms with Crippen molar-refractivity contribution in [1.82, 2.24) is 5.32 Å². The van der Waals surface area contributed by atoms with Gasteiger partial charge in [0.1, 0.15) is 0 Å². The molecule has 0 bridgehead atoms. The Kier molecular flexibility index (Phi) is 5.83. The van der Waals surface area contributed by atoms with Crippen LogP contribution in [0.2, 0.25) is 0 Å². The lowest BCUT2D eigenvalue weighted by Gasteiger charge is -2.27. The summed E-state index contributed by atoms with van der Waals surface area (Å²) in [5.74, 6) is -0.116. The van der Waals surface area contributed by atoms with Crippen molar-refractivity contribution in [3.63, 3.8) is 0 Å². The maximum atomic E-state index is 11.7. The van der Waals surface area contributed by atoms with Crippen molar-refractivity contribution in [2.75, 3.05) is 13.2 Å². The second-order valence-electron chi connectivity index (χ2n) is 4.91. The molecular weight excluding hydrogens is 192 g/mol. The molecule has 1 unspecified atom stereocenters. The minimum atomic E-state index is -0.485. The topological polar surface area (TPSA) is 64.3 Å². The third kappa shape index (κ3) is 5.74. The second kappa shape index (κ2) is 6.08. The van der Waals surface area contributed by atoms with Gasteiger partial charge in [-0.25, -0.2) is 0 Å². The quantitative estimate of drug-likeness (QED) is 0.717. The highest BCUT2D eigenvalue weighted by atomic mass is 16.5. The smallest absolute Gasteiger partial charge is 0.237 e. The van der Waals surface area contributed by atoms with E-state index in [1.165, 1.54) is 0 Å². The normalized spacial score (nSPS) is 15.9. The molecule has 0 radical (unpaired) electrons. The van der Waals surface area contributed by atoms with E-state index >= 15 is 0 Å². The molecule has 90 valence electrons. The number of hydrogen-bond donors (Lipinski definition) is 2. The summed E-state index contributed by atoms with van der Waals surface area (Å²) in [7, 11) is 0. The highest BCUT2D eigenvalue weighted by molar-refractivity contribution is 5.82. The van der Waals surface area contributed by atoms with Gasteiger partial charge < -0.3 is 15.8 Å². The average molecular weight is 216 g/mol. The summed E-state index contributed by atoms with van der Waals surface area (Å²) in [6.45, 7) is 10.9. The van der Waals surface area contributed by atoms with Crippen LogP contribution in [0, 0.1) is 5.41 Å². The van der Waals surface area contributed by atoms with Crippen LogP contribution in [0.15, 0.2) is 0 Å². The van der Waals surface area contributed by atoms with Gasteiger partial charge in [0.2, 0.25) is 5.91 Å². The Morgan fingerprint density at radius 2 is 2.00 bits per heavy atom. The SMILES string of the molecule is CCOCC(C)NC(=O)[C@H](N)C(C)(C)C. The van der Waals surface area contributed by atoms with E-state index in [2.05, 4.69) is 5.32 Å². The molecule has 4 heteroatoms. The van der Waals surface area contributed by atoms with E-state index in [1.54, 1.807) is 0 Å². The molecule has 0 saturated heterocycles. The summed E-state index contributed by atoms with van der Waals surface area (Å²) in [6.07, 6.45) is 0. The van der Waals surface area contributed by atoms with Crippen molar-refractivity contribution >= 4 is 5.91 Å². The lowest BCUT2D eigenvalue weighted by molar-refractivity contribution is -0.125. The predicted octanol–water partition coefficient (Wildman–Crippen LogP) is 0.901. The first-order valence-corrected chi connectivity index (χ1v) is 5.42. The first kappa shape index (κ1) is 14.4. The van der Waals surface area contributed by atoms with E-state index < -0.39 is 6.04 Å². The first-order chi connectivity index (χ1) is 6.79. The van der Waals surface area contributed by atoms with E-state index in [-0.39, 0.29) is 17.4 Å². The second-order valence-corrected chi connectivity index (χ2v) is 4.91. The van der Waals surface area contributed by atoms with Gasteiger partial charge in [-0.3, -0.25) is 4.79 Å². The van der Waals surface area contributed by atoms with Crippen LogP contribution >= 0.6 is 0 Å². The maximum Gasteiger partial charge on any atom is 0.237 e. The number of carbonyl (C=O) groups excluding carboxylic acids is 1. The van der Waals surface area contributed by atoms with Gasteiger partial charge in [0, 0.05) is 12.6 Å². The van der Waals surface area contributed by atoms with Crippen molar-refractivity contribution in [3.8, 4) is 0 Å². The fourth-order valence-corrected chi connectivity index (χ4v) is 1.06. The molecule has 0 saturated carbocycles. The molecule has 0 aliphatic rings. The molecule has 0 fully saturated rings. The van der Waals surface area contributed by atoms with Crippen LogP contribution in [0.1, 0.15) is 34.6 Å². The number of nitrogens with one attached hydrogen (secondary N) is 1. The van der Waals surface area contributed by atoms with Gasteiger partial charge in [-0.1, -0.05) is 20.8 Å². The van der Waals surface area contributed by atoms with Crippen LogP contribution in [-0.4, -0.2) is 31.2 Å². The first-order valence-electron chi connectivity index (χ1n) is 5.42. The summed E-state index contributed by atoms with van der Waals surface area (Å²) in [4.78, 5) is 11.7. The number of carbonyl (C=O) groups is 1. The highest BCUT2D eigenvalue weighted by Gasteiger charge is 2.27. The van der Waals surface area contributed by atoms with Crippen LogP contribution in [0.25, 0.3) is 0 Å². The standard InChI is InChI=1S/C11H24N2O2/c1-6-15-7-8(2)13-10(14)9(12)11(3,4)5/h8-9H,6-7,12H2,1-5H3,(H,13,14)/t8?,9-/m0/s1. The summed E-state index contributed by atoms with van der Waals surface area (Å²) < 4.78 is 5.21. The van der Waals surface area contributed by atoms with Crippen LogP contribution in [0.5, 0.6) is 0 Å². The third-order valence-electron chi connectivity index (χ3n) is 2.18. The number of hydrogen-bond acceptors (Lipinski definition) is 3. The molecule has 0 rings (SSSR count). The zero-order valence-electron chi connectivity index (χ0n) is 10.5. The van der Waals surface area contributed by atoms with Gasteiger partial charge in [-0.05, 0) is 19.3 Å². The summed E-state index contributed by atoms with van der Waals surface area (Å²) in [5, 5.41) is 2.83. The van der Waals surface area contributed by atoms with E-state index in [9.17, 15) is 4.79 Å². The van der Waals surface area contributed by atoms with Crippen LogP contribution in [-0.2, 0) is 9.53 Å². The fraction of sp³-hybridized carbons (Fsp3) is 0.909. The van der Waals surface area contributed by atoms with E-state index in [1.807, 2.05) is 34.6 Å². The van der Waals surface area contributed by atoms with Crippen molar-refractivity contribution in [3.05, 3.63) is 0 Å². The van der Waals surface area contributed by atoms with Gasteiger partial charge in [-0.15, -0.1) is 0 Å². The summed E-state index contributed by atoms with van der Waals surface area (Å²) >= 11 is 0. The largest absolute Gasteiger partial charge is 0.380 e. The Balaban J connectivity index is 4.02. The number of ether oxygens (including phenoxy) is 1. The number of amides is 1. The molecule has 3 N–H and O–H groups in total. The Morgan fingerprint density at radius 3 is 2.40 bits per heavy atom. The lowest BCUT2D eigenvalue weighted by atomic mass is 9.87. The van der Waals surface area contributed by atoms with Crippen LogP contribution in [0.4, 0.5) is 0 Å². The van der Waals surface area contributed by atoms with Crippen LogP contribution in [0.3, 0.4) is 0 Å². The molecule has 0 aromatic carbocycles. The Bertz CT molecular complexity index is 199. The van der Waals surface area contributed by atoms with Gasteiger partial charge in [0.25, 0.3) is 0 Å². The highest BCUT2D eigenvalue weighted by Crippen LogP contribution is 2.17. The molecule has 4 nitrogen and oxygen atoms in total. The van der Waals surface area contributed by atoms with Crippen LogP contribution < -0.4 is 11.1 Å². The number of rotatable bonds is 5. The van der Waals surface area contributed by atoms with Crippen molar-refractivity contribution in [2.24, 2.45) is 11.1 Å². The maximum absolute atomic E-state index is 11.7. The van der Waals surface area contributed by atoms with Gasteiger partial charge in [-0.2, -0.15) is 0 Å². The van der Waals surface area contributed by atoms with Gasteiger partial charge in [0.05, 0.1) is 12.6 Å². The molecule has 0 aliphatic carbocycles. The molecule has 2 atom stereocenters. The Hall–Kier alpha value is -0.610. The molecule has 0 aliphatic heterocycles. The molecule has 0 heterocycles. The lowest BCUT2D eigenvalue weighted by Crippen LogP contribution is -2.51. The van der Waals surface area contributed by atoms with E-state index in [4.69, 9.17) is 10.5 Å². The predicted molar refractivity (Wildman–Crippen MR) is 61.5 cm³/mol. The number of nitrogens with two attached hydrogens (primary N) is 1. The van der Waals surface area contributed by atoms with Crippen molar-refractivity contribution < 1.29 is 9.53 Å². The zero-order valence-corrected chi connectivity index (χ0v) is 10.5. The molecule has 1 amide bonds. The van der Waals surface area contributed by atoms with E-state index in [0.717, 1.165) is 0 Å². The van der Waals surface area contributed by atoms with Crippen molar-refractivity contribution in [1.29, 1.82) is 0 Å². The van der Waals surface area contributed by atoms with E-state index in [0.29, 0.717) is 13.2 Å². The summed E-state index contributed by atoms with van der Waals surface area (Å²) in [6, 6.07) is -0.479. The molecule has 0 spiro atoms. The Morgan fingerprint density at radius 1 is 1.47 bits per heavy atom. The molecular formula is C11H24N2O2. The molecule has 0 aromatic rings. The van der Waals surface area contributed by atoms with Crippen molar-refractivity contribution in [2.45, 2.75) is 46.7 Å². The minimum absolute atomic E-state index is 0.00542. The zero-order chi connectivity index (χ0) is 12.1. The van der Waals surface area contributed by atoms with Gasteiger partial charge >= 0.3 is 0 Å². The molecule has 15 heavy (non-hydrogen) atoms.